The maximum atomic E-state index is 6.09. The highest BCUT2D eigenvalue weighted by Gasteiger charge is 2.03. The van der Waals surface area contributed by atoms with Crippen LogP contribution in [0.3, 0.4) is 0 Å². The van der Waals surface area contributed by atoms with Crippen molar-refractivity contribution >= 4 is 39.1 Å². The number of rotatable bonds is 3. The van der Waals surface area contributed by atoms with Gasteiger partial charge in [0.05, 0.1) is 0 Å². The van der Waals surface area contributed by atoms with Crippen LogP contribution in [-0.4, -0.2) is 0 Å². The third-order valence-corrected chi connectivity index (χ3v) is 3.39. The molecule has 0 heterocycles. The second kappa shape index (κ2) is 5.76. The lowest BCUT2D eigenvalue weighted by molar-refractivity contribution is 0.482. The number of halogens is 3. The van der Waals surface area contributed by atoms with E-state index in [4.69, 9.17) is 27.9 Å². The Morgan fingerprint density at radius 3 is 2.41 bits per heavy atom. The largest absolute Gasteiger partial charge is 0.457 e. The number of benzene rings is 2. The summed E-state index contributed by atoms with van der Waals surface area (Å²) in [7, 11) is 0. The third kappa shape index (κ3) is 3.38. The van der Waals surface area contributed by atoms with Crippen LogP contribution in [0, 0.1) is 0 Å². The van der Waals surface area contributed by atoms with Crippen LogP contribution in [0.25, 0.3) is 0 Å². The van der Waals surface area contributed by atoms with Crippen LogP contribution in [0.5, 0.6) is 11.5 Å². The highest BCUT2D eigenvalue weighted by molar-refractivity contribution is 9.08. The maximum absolute atomic E-state index is 6.09. The van der Waals surface area contributed by atoms with Gasteiger partial charge in [0.1, 0.15) is 11.5 Å². The zero-order valence-electron chi connectivity index (χ0n) is 8.79. The van der Waals surface area contributed by atoms with Crippen molar-refractivity contribution in [1.29, 1.82) is 0 Å². The van der Waals surface area contributed by atoms with Crippen LogP contribution < -0.4 is 4.74 Å². The van der Waals surface area contributed by atoms with Crippen LogP contribution in [0.2, 0.25) is 10.0 Å². The van der Waals surface area contributed by atoms with Gasteiger partial charge in [-0.3, -0.25) is 0 Å². The number of ether oxygens (including phenoxy) is 1. The fraction of sp³-hybridized carbons (Fsp3) is 0.0769. The predicted octanol–water partition coefficient (Wildman–Crippen LogP) is 5.68. The van der Waals surface area contributed by atoms with Gasteiger partial charge in [0.2, 0.25) is 0 Å². The molecule has 0 bridgehead atoms. The van der Waals surface area contributed by atoms with E-state index in [9.17, 15) is 0 Å². The second-order valence-electron chi connectivity index (χ2n) is 3.45. The second-order valence-corrected chi connectivity index (χ2v) is 4.85. The molecule has 0 amide bonds. The normalized spacial score (nSPS) is 10.3. The van der Waals surface area contributed by atoms with Crippen molar-refractivity contribution in [3.8, 4) is 11.5 Å². The molecule has 0 N–H and O–H groups in total. The van der Waals surface area contributed by atoms with Crippen LogP contribution >= 0.6 is 39.1 Å². The molecule has 0 aliphatic heterocycles. The van der Waals surface area contributed by atoms with Gasteiger partial charge in [-0.15, -0.1) is 0 Å². The first kappa shape index (κ1) is 12.7. The van der Waals surface area contributed by atoms with Gasteiger partial charge in [0.15, 0.2) is 0 Å². The van der Waals surface area contributed by atoms with Crippen molar-refractivity contribution in [3.05, 3.63) is 58.1 Å². The quantitative estimate of drug-likeness (QED) is 0.657. The first-order chi connectivity index (χ1) is 8.19. The minimum Gasteiger partial charge on any atom is -0.457 e. The van der Waals surface area contributed by atoms with Gasteiger partial charge in [0, 0.05) is 15.4 Å². The molecule has 0 fully saturated rings. The lowest BCUT2D eigenvalue weighted by Gasteiger charge is -2.07. The van der Waals surface area contributed by atoms with Crippen molar-refractivity contribution in [2.75, 3.05) is 0 Å². The third-order valence-electron chi connectivity index (χ3n) is 2.20. The molecule has 2 aromatic carbocycles. The van der Waals surface area contributed by atoms with E-state index in [1.165, 1.54) is 0 Å². The van der Waals surface area contributed by atoms with E-state index in [1.807, 2.05) is 24.3 Å². The monoisotopic (exact) mass is 330 g/mol. The standard InChI is InChI=1S/C13H9BrCl2O/c14-8-9-4-5-12(7-13(9)16)17-11-3-1-2-10(15)6-11/h1-7H,8H2. The van der Waals surface area contributed by atoms with E-state index >= 15 is 0 Å². The van der Waals surface area contributed by atoms with E-state index < -0.39 is 0 Å². The summed E-state index contributed by atoms with van der Waals surface area (Å²) in [5.41, 5.74) is 1.03. The van der Waals surface area contributed by atoms with E-state index in [0.717, 1.165) is 10.9 Å². The van der Waals surface area contributed by atoms with Crippen molar-refractivity contribution in [2.45, 2.75) is 5.33 Å². The molecule has 0 aliphatic carbocycles. The van der Waals surface area contributed by atoms with Gasteiger partial charge in [-0.2, -0.15) is 0 Å². The molecular weight excluding hydrogens is 323 g/mol. The molecule has 0 atom stereocenters. The average molecular weight is 332 g/mol. The van der Waals surface area contributed by atoms with E-state index in [0.29, 0.717) is 21.5 Å². The van der Waals surface area contributed by atoms with Gasteiger partial charge >= 0.3 is 0 Å². The summed E-state index contributed by atoms with van der Waals surface area (Å²) in [6, 6.07) is 12.8. The number of alkyl halides is 1. The number of hydrogen-bond acceptors (Lipinski definition) is 1. The fourth-order valence-corrected chi connectivity index (χ4v) is 2.43. The van der Waals surface area contributed by atoms with Crippen molar-refractivity contribution in [1.82, 2.24) is 0 Å². The Bertz CT molecular complexity index is 529. The molecule has 4 heteroatoms. The lowest BCUT2D eigenvalue weighted by Crippen LogP contribution is -1.86. The van der Waals surface area contributed by atoms with Crippen LogP contribution in [-0.2, 0) is 5.33 Å². The molecule has 2 aromatic rings. The predicted molar refractivity (Wildman–Crippen MR) is 75.6 cm³/mol. The fourth-order valence-electron chi connectivity index (χ4n) is 1.37. The molecule has 0 aromatic heterocycles. The summed E-state index contributed by atoms with van der Waals surface area (Å²) >= 11 is 15.3. The number of hydrogen-bond donors (Lipinski definition) is 0. The first-order valence-electron chi connectivity index (χ1n) is 4.97. The van der Waals surface area contributed by atoms with Gasteiger partial charge in [0.25, 0.3) is 0 Å². The SMILES string of the molecule is Clc1cccc(Oc2ccc(CBr)c(Cl)c2)c1. The Kier molecular flexibility index (Phi) is 4.32. The van der Waals surface area contributed by atoms with Gasteiger partial charge < -0.3 is 4.74 Å². The van der Waals surface area contributed by atoms with Gasteiger partial charge in [-0.1, -0.05) is 51.3 Å². The molecular formula is C13H9BrCl2O. The van der Waals surface area contributed by atoms with E-state index in [1.54, 1.807) is 18.2 Å². The highest BCUT2D eigenvalue weighted by Crippen LogP contribution is 2.28. The molecule has 1 nitrogen and oxygen atoms in total. The summed E-state index contributed by atoms with van der Waals surface area (Å²) < 4.78 is 5.66. The molecule has 0 saturated heterocycles. The van der Waals surface area contributed by atoms with Gasteiger partial charge in [-0.05, 0) is 35.9 Å². The molecule has 2 rings (SSSR count). The topological polar surface area (TPSA) is 9.23 Å². The van der Waals surface area contributed by atoms with E-state index in [2.05, 4.69) is 15.9 Å². The minimum atomic E-state index is 0.644. The highest BCUT2D eigenvalue weighted by atomic mass is 79.9. The Labute approximate surface area is 118 Å². The zero-order chi connectivity index (χ0) is 12.3. The Balaban J connectivity index is 2.22. The molecule has 0 spiro atoms. The van der Waals surface area contributed by atoms with Crippen LogP contribution in [0.4, 0.5) is 0 Å². The zero-order valence-corrected chi connectivity index (χ0v) is 11.9. The van der Waals surface area contributed by atoms with E-state index in [-0.39, 0.29) is 0 Å². The van der Waals surface area contributed by atoms with Crippen molar-refractivity contribution < 1.29 is 4.74 Å². The van der Waals surface area contributed by atoms with Gasteiger partial charge in [-0.25, -0.2) is 0 Å². The Morgan fingerprint density at radius 1 is 1.00 bits per heavy atom. The molecule has 0 radical (unpaired) electrons. The minimum absolute atomic E-state index is 0.644. The lowest BCUT2D eigenvalue weighted by atomic mass is 10.2. The summed E-state index contributed by atoms with van der Waals surface area (Å²) in [5, 5.41) is 2.05. The molecule has 0 aliphatic rings. The first-order valence-corrected chi connectivity index (χ1v) is 6.84. The molecule has 17 heavy (non-hydrogen) atoms. The van der Waals surface area contributed by atoms with Crippen molar-refractivity contribution in [3.63, 3.8) is 0 Å². The van der Waals surface area contributed by atoms with Crippen LogP contribution in [0.1, 0.15) is 5.56 Å². The Morgan fingerprint density at radius 2 is 1.76 bits per heavy atom. The summed E-state index contributed by atoms with van der Waals surface area (Å²) in [4.78, 5) is 0. The molecule has 0 unspecified atom stereocenters. The van der Waals surface area contributed by atoms with Crippen molar-refractivity contribution in [2.24, 2.45) is 0 Å². The summed E-state index contributed by atoms with van der Waals surface area (Å²) in [5.74, 6) is 1.39. The maximum Gasteiger partial charge on any atom is 0.128 e. The average Bonchev–Trinajstić information content (AvgIpc) is 2.29. The smallest absolute Gasteiger partial charge is 0.128 e. The molecule has 0 saturated carbocycles. The Hall–Kier alpha value is -0.700. The van der Waals surface area contributed by atoms with Crippen LogP contribution in [0.15, 0.2) is 42.5 Å². The molecule has 88 valence electrons. The summed E-state index contributed by atoms with van der Waals surface area (Å²) in [6.45, 7) is 0. The summed E-state index contributed by atoms with van der Waals surface area (Å²) in [6.07, 6.45) is 0.